The molecule has 1 aromatic carbocycles. The summed E-state index contributed by atoms with van der Waals surface area (Å²) in [4.78, 5) is 2.59. The van der Waals surface area contributed by atoms with E-state index < -0.39 is 0 Å². The van der Waals surface area contributed by atoms with Crippen LogP contribution in [0.2, 0.25) is 0 Å². The Morgan fingerprint density at radius 2 is 2.11 bits per heavy atom. The summed E-state index contributed by atoms with van der Waals surface area (Å²) < 4.78 is 0. The second kappa shape index (κ2) is 6.24. The number of nitrogens with zero attached hydrogens (tertiary/aromatic N) is 1. The van der Waals surface area contributed by atoms with Crippen molar-refractivity contribution in [1.29, 1.82) is 0 Å². The van der Waals surface area contributed by atoms with Gasteiger partial charge in [-0.1, -0.05) is 32.0 Å². The molecule has 0 aromatic heterocycles. The van der Waals surface area contributed by atoms with Gasteiger partial charge in [0.05, 0.1) is 0 Å². The highest BCUT2D eigenvalue weighted by atomic mass is 15.2. The molecule has 0 radical (unpaired) electrons. The van der Waals surface area contributed by atoms with Gasteiger partial charge in [-0.2, -0.15) is 0 Å². The molecule has 1 aliphatic rings. The molecule has 0 spiro atoms. The van der Waals surface area contributed by atoms with Gasteiger partial charge in [0.1, 0.15) is 0 Å². The molecule has 1 aliphatic heterocycles. The molecule has 0 bridgehead atoms. The third-order valence-corrected chi connectivity index (χ3v) is 4.07. The number of aryl methyl sites for hydroxylation is 1. The monoisotopic (exact) mass is 246 g/mol. The molecular formula is C16H26N2. The van der Waals surface area contributed by atoms with Crippen LogP contribution in [0, 0.1) is 0 Å². The van der Waals surface area contributed by atoms with Crippen molar-refractivity contribution in [3.63, 3.8) is 0 Å². The van der Waals surface area contributed by atoms with E-state index in [0.29, 0.717) is 12.1 Å². The SMILES string of the molecule is CCNC(CC)CN1c2ccccc2CCC1C. The van der Waals surface area contributed by atoms with Crippen molar-refractivity contribution in [2.75, 3.05) is 18.0 Å². The van der Waals surface area contributed by atoms with E-state index in [2.05, 4.69) is 55.3 Å². The fraction of sp³-hybridized carbons (Fsp3) is 0.625. The normalized spacial score (nSPS) is 20.6. The molecule has 1 aromatic rings. The van der Waals surface area contributed by atoms with Crippen LogP contribution >= 0.6 is 0 Å². The van der Waals surface area contributed by atoms with Crippen molar-refractivity contribution in [1.82, 2.24) is 5.32 Å². The molecular weight excluding hydrogens is 220 g/mol. The van der Waals surface area contributed by atoms with Crippen LogP contribution in [0.1, 0.15) is 39.2 Å². The lowest BCUT2D eigenvalue weighted by atomic mass is 9.96. The Labute approximate surface area is 111 Å². The van der Waals surface area contributed by atoms with Gasteiger partial charge in [0.2, 0.25) is 0 Å². The van der Waals surface area contributed by atoms with Gasteiger partial charge < -0.3 is 10.2 Å². The number of rotatable bonds is 5. The Balaban J connectivity index is 2.15. The topological polar surface area (TPSA) is 15.3 Å². The van der Waals surface area contributed by atoms with Gasteiger partial charge >= 0.3 is 0 Å². The zero-order valence-electron chi connectivity index (χ0n) is 11.9. The predicted molar refractivity (Wildman–Crippen MR) is 79.3 cm³/mol. The van der Waals surface area contributed by atoms with E-state index >= 15 is 0 Å². The molecule has 100 valence electrons. The maximum Gasteiger partial charge on any atom is 0.0401 e. The van der Waals surface area contributed by atoms with Crippen molar-refractivity contribution >= 4 is 5.69 Å². The van der Waals surface area contributed by atoms with Gasteiger partial charge in [0.25, 0.3) is 0 Å². The minimum Gasteiger partial charge on any atom is -0.367 e. The summed E-state index contributed by atoms with van der Waals surface area (Å²) in [6, 6.07) is 10.1. The lowest BCUT2D eigenvalue weighted by Crippen LogP contribution is -2.46. The standard InChI is InChI=1S/C16H26N2/c1-4-15(17-5-2)12-18-13(3)10-11-14-8-6-7-9-16(14)18/h6-9,13,15,17H,4-5,10-12H2,1-3H3. The van der Waals surface area contributed by atoms with Crippen LogP contribution in [-0.4, -0.2) is 25.2 Å². The van der Waals surface area contributed by atoms with Gasteiger partial charge in [-0.15, -0.1) is 0 Å². The van der Waals surface area contributed by atoms with Crippen molar-refractivity contribution < 1.29 is 0 Å². The maximum absolute atomic E-state index is 3.59. The van der Waals surface area contributed by atoms with Gasteiger partial charge in [-0.3, -0.25) is 0 Å². The third-order valence-electron chi connectivity index (χ3n) is 4.07. The second-order valence-electron chi connectivity index (χ2n) is 5.33. The molecule has 0 fully saturated rings. The lowest BCUT2D eigenvalue weighted by Gasteiger charge is -2.39. The summed E-state index contributed by atoms with van der Waals surface area (Å²) in [5, 5.41) is 3.59. The molecule has 2 rings (SSSR count). The van der Waals surface area contributed by atoms with Crippen LogP contribution in [0.3, 0.4) is 0 Å². The molecule has 2 nitrogen and oxygen atoms in total. The van der Waals surface area contributed by atoms with Gasteiger partial charge in [0.15, 0.2) is 0 Å². The highest BCUT2D eigenvalue weighted by molar-refractivity contribution is 5.56. The first-order valence-electron chi connectivity index (χ1n) is 7.34. The van der Waals surface area contributed by atoms with Gasteiger partial charge in [0, 0.05) is 24.3 Å². The summed E-state index contributed by atoms with van der Waals surface area (Å²) >= 11 is 0. The van der Waals surface area contributed by atoms with Crippen molar-refractivity contribution in [2.24, 2.45) is 0 Å². The molecule has 0 amide bonds. The molecule has 0 saturated carbocycles. The molecule has 1 N–H and O–H groups in total. The second-order valence-corrected chi connectivity index (χ2v) is 5.33. The number of anilines is 1. The summed E-state index contributed by atoms with van der Waals surface area (Å²) in [7, 11) is 0. The summed E-state index contributed by atoms with van der Waals surface area (Å²) in [5.74, 6) is 0. The van der Waals surface area contributed by atoms with E-state index in [1.165, 1.54) is 30.5 Å². The molecule has 0 saturated heterocycles. The van der Waals surface area contributed by atoms with Gasteiger partial charge in [-0.05, 0) is 44.4 Å². The van der Waals surface area contributed by atoms with Crippen molar-refractivity contribution in [2.45, 2.75) is 52.1 Å². The van der Waals surface area contributed by atoms with E-state index in [1.807, 2.05) is 0 Å². The molecule has 2 unspecified atom stereocenters. The Hall–Kier alpha value is -1.02. The summed E-state index contributed by atoms with van der Waals surface area (Å²) in [5.41, 5.74) is 2.97. The Morgan fingerprint density at radius 3 is 2.83 bits per heavy atom. The minimum absolute atomic E-state index is 0.601. The largest absolute Gasteiger partial charge is 0.367 e. The van der Waals surface area contributed by atoms with E-state index in [0.717, 1.165) is 13.1 Å². The van der Waals surface area contributed by atoms with Gasteiger partial charge in [-0.25, -0.2) is 0 Å². The summed E-state index contributed by atoms with van der Waals surface area (Å²) in [6.45, 7) is 9.00. The first-order valence-corrected chi connectivity index (χ1v) is 7.34. The van der Waals surface area contributed by atoms with Crippen LogP contribution in [0.25, 0.3) is 0 Å². The van der Waals surface area contributed by atoms with Crippen molar-refractivity contribution in [3.05, 3.63) is 29.8 Å². The molecule has 2 atom stereocenters. The minimum atomic E-state index is 0.601. The number of likely N-dealkylation sites (N-methyl/N-ethyl adjacent to an activating group) is 1. The van der Waals surface area contributed by atoms with Crippen LogP contribution in [0.5, 0.6) is 0 Å². The first-order chi connectivity index (χ1) is 8.76. The average Bonchev–Trinajstić information content (AvgIpc) is 2.41. The highest BCUT2D eigenvalue weighted by Gasteiger charge is 2.24. The zero-order valence-corrected chi connectivity index (χ0v) is 11.9. The number of hydrogen-bond donors (Lipinski definition) is 1. The Kier molecular flexibility index (Phi) is 4.65. The van der Waals surface area contributed by atoms with E-state index in [9.17, 15) is 0 Å². The van der Waals surface area contributed by atoms with Crippen LogP contribution in [0.15, 0.2) is 24.3 Å². The quantitative estimate of drug-likeness (QED) is 0.858. The van der Waals surface area contributed by atoms with Crippen LogP contribution in [-0.2, 0) is 6.42 Å². The lowest BCUT2D eigenvalue weighted by molar-refractivity contribution is 0.463. The average molecular weight is 246 g/mol. The van der Waals surface area contributed by atoms with Crippen LogP contribution < -0.4 is 10.2 Å². The Bertz CT molecular complexity index is 375. The van der Waals surface area contributed by atoms with Crippen molar-refractivity contribution in [3.8, 4) is 0 Å². The number of hydrogen-bond acceptors (Lipinski definition) is 2. The Morgan fingerprint density at radius 1 is 1.33 bits per heavy atom. The van der Waals surface area contributed by atoms with Crippen LogP contribution in [0.4, 0.5) is 5.69 Å². The molecule has 18 heavy (non-hydrogen) atoms. The fourth-order valence-corrected chi connectivity index (χ4v) is 2.90. The maximum atomic E-state index is 3.59. The first kappa shape index (κ1) is 13.4. The predicted octanol–water partition coefficient (Wildman–Crippen LogP) is 3.22. The molecule has 1 heterocycles. The molecule has 0 aliphatic carbocycles. The van der Waals surface area contributed by atoms with E-state index in [4.69, 9.17) is 0 Å². The fourth-order valence-electron chi connectivity index (χ4n) is 2.90. The van der Waals surface area contributed by atoms with E-state index in [-0.39, 0.29) is 0 Å². The molecule has 2 heteroatoms. The number of benzene rings is 1. The smallest absolute Gasteiger partial charge is 0.0401 e. The van der Waals surface area contributed by atoms with E-state index in [1.54, 1.807) is 0 Å². The summed E-state index contributed by atoms with van der Waals surface area (Å²) in [6.07, 6.45) is 3.70. The zero-order chi connectivity index (χ0) is 13.0. The number of fused-ring (bicyclic) bond motifs is 1. The third kappa shape index (κ3) is 2.86. The number of para-hydroxylation sites is 1. The highest BCUT2D eigenvalue weighted by Crippen LogP contribution is 2.30. The number of nitrogens with one attached hydrogen (secondary N) is 1.